The zero-order valence-corrected chi connectivity index (χ0v) is 13.0. The number of halogens is 1. The van der Waals surface area contributed by atoms with Crippen LogP contribution in [0.5, 0.6) is 0 Å². The van der Waals surface area contributed by atoms with Crippen molar-refractivity contribution in [1.82, 2.24) is 24.3 Å². The van der Waals surface area contributed by atoms with Crippen LogP contribution in [0.15, 0.2) is 47.8 Å². The molecule has 7 heteroatoms. The molecule has 0 N–H and O–H groups in total. The molecular formula is C16H12ClN5O. The van der Waals surface area contributed by atoms with Crippen LogP contribution in [0.2, 0.25) is 5.02 Å². The fourth-order valence-electron chi connectivity index (χ4n) is 2.71. The second kappa shape index (κ2) is 5.17. The molecule has 114 valence electrons. The van der Waals surface area contributed by atoms with Crippen molar-refractivity contribution in [3.63, 3.8) is 0 Å². The maximum absolute atomic E-state index is 13.0. The number of pyridine rings is 1. The topological polar surface area (TPSA) is 65.6 Å². The van der Waals surface area contributed by atoms with Gasteiger partial charge < -0.3 is 0 Å². The summed E-state index contributed by atoms with van der Waals surface area (Å²) in [6.45, 7) is 2.67. The lowest BCUT2D eigenvalue weighted by Gasteiger charge is -2.10. The smallest absolute Gasteiger partial charge is 0.272 e. The molecule has 1 aromatic carbocycles. The van der Waals surface area contributed by atoms with E-state index in [0.29, 0.717) is 28.4 Å². The van der Waals surface area contributed by atoms with Gasteiger partial charge in [0.25, 0.3) is 5.56 Å². The van der Waals surface area contributed by atoms with E-state index >= 15 is 0 Å². The number of aryl methyl sites for hydroxylation is 1. The highest BCUT2D eigenvalue weighted by Crippen LogP contribution is 2.26. The summed E-state index contributed by atoms with van der Waals surface area (Å²) in [4.78, 5) is 21.3. The minimum atomic E-state index is -0.234. The molecule has 0 aliphatic rings. The second-order valence-corrected chi connectivity index (χ2v) is 5.55. The first-order valence-corrected chi connectivity index (χ1v) is 7.54. The van der Waals surface area contributed by atoms with Crippen LogP contribution in [0.3, 0.4) is 0 Å². The highest BCUT2D eigenvalue weighted by molar-refractivity contribution is 6.31. The molecule has 23 heavy (non-hydrogen) atoms. The van der Waals surface area contributed by atoms with Crippen LogP contribution in [0.25, 0.3) is 27.6 Å². The van der Waals surface area contributed by atoms with Crippen molar-refractivity contribution in [2.24, 2.45) is 0 Å². The Morgan fingerprint density at radius 3 is 2.83 bits per heavy atom. The van der Waals surface area contributed by atoms with Gasteiger partial charge in [-0.25, -0.2) is 4.98 Å². The minimum Gasteiger partial charge on any atom is -0.272 e. The Morgan fingerprint density at radius 2 is 2.09 bits per heavy atom. The lowest BCUT2D eigenvalue weighted by molar-refractivity contribution is 0.667. The van der Waals surface area contributed by atoms with Gasteiger partial charge in [-0.3, -0.25) is 19.0 Å². The number of nitrogens with zero attached hydrogens (tertiary/aromatic N) is 5. The summed E-state index contributed by atoms with van der Waals surface area (Å²) in [5, 5.41) is 6.65. The van der Waals surface area contributed by atoms with Crippen molar-refractivity contribution >= 4 is 33.4 Å². The van der Waals surface area contributed by atoms with Crippen LogP contribution in [-0.2, 0) is 6.54 Å². The van der Waals surface area contributed by atoms with E-state index in [-0.39, 0.29) is 5.56 Å². The molecule has 3 heterocycles. The molecule has 4 rings (SSSR count). The summed E-state index contributed by atoms with van der Waals surface area (Å²) >= 11 is 6.14. The van der Waals surface area contributed by atoms with Crippen molar-refractivity contribution in [3.8, 4) is 5.82 Å². The van der Waals surface area contributed by atoms with Gasteiger partial charge in [0.15, 0.2) is 11.3 Å². The predicted octanol–water partition coefficient (Wildman–Crippen LogP) is 2.80. The van der Waals surface area contributed by atoms with Crippen molar-refractivity contribution < 1.29 is 0 Å². The largest absolute Gasteiger partial charge is 0.285 e. The third-order valence-electron chi connectivity index (χ3n) is 3.76. The van der Waals surface area contributed by atoms with Gasteiger partial charge in [0, 0.05) is 40.9 Å². The summed E-state index contributed by atoms with van der Waals surface area (Å²) < 4.78 is 3.25. The molecule has 0 aliphatic carbocycles. The third kappa shape index (κ3) is 2.10. The van der Waals surface area contributed by atoms with Gasteiger partial charge in [-0.2, -0.15) is 5.10 Å². The molecule has 0 spiro atoms. The minimum absolute atomic E-state index is 0.234. The fraction of sp³-hybridized carbons (Fsp3) is 0.125. The van der Waals surface area contributed by atoms with Crippen molar-refractivity contribution in [3.05, 3.63) is 58.4 Å². The van der Waals surface area contributed by atoms with Gasteiger partial charge >= 0.3 is 0 Å². The molecule has 0 fully saturated rings. The normalized spacial score (nSPS) is 11.4. The van der Waals surface area contributed by atoms with Crippen molar-refractivity contribution in [2.45, 2.75) is 13.5 Å². The quantitative estimate of drug-likeness (QED) is 0.568. The molecule has 0 bridgehead atoms. The number of rotatable bonds is 2. The SMILES string of the molecule is CCn1cc2c(n1)c(=O)n(-c1cnccn1)c1cc(Cl)ccc21. The van der Waals surface area contributed by atoms with Crippen LogP contribution in [0.1, 0.15) is 6.92 Å². The van der Waals surface area contributed by atoms with E-state index in [1.807, 2.05) is 19.2 Å². The van der Waals surface area contributed by atoms with E-state index in [4.69, 9.17) is 11.6 Å². The molecular weight excluding hydrogens is 314 g/mol. The monoisotopic (exact) mass is 325 g/mol. The second-order valence-electron chi connectivity index (χ2n) is 5.11. The summed E-state index contributed by atoms with van der Waals surface area (Å²) in [5.74, 6) is 0.442. The zero-order valence-electron chi connectivity index (χ0n) is 12.3. The molecule has 0 saturated carbocycles. The van der Waals surface area contributed by atoms with Crippen molar-refractivity contribution in [2.75, 3.05) is 0 Å². The molecule has 0 unspecified atom stereocenters. The average Bonchev–Trinajstić information content (AvgIpc) is 3.01. The Balaban J connectivity index is 2.24. The predicted molar refractivity (Wildman–Crippen MR) is 89.1 cm³/mol. The summed E-state index contributed by atoms with van der Waals surface area (Å²) in [6, 6.07) is 5.46. The first kappa shape index (κ1) is 13.9. The Kier molecular flexibility index (Phi) is 3.12. The molecule has 0 saturated heterocycles. The van der Waals surface area contributed by atoms with E-state index < -0.39 is 0 Å². The lowest BCUT2D eigenvalue weighted by atomic mass is 10.1. The maximum atomic E-state index is 13.0. The molecule has 0 radical (unpaired) electrons. The molecule has 3 aromatic heterocycles. The summed E-state index contributed by atoms with van der Waals surface area (Å²) in [5.41, 5.74) is 0.862. The average molecular weight is 326 g/mol. The number of benzene rings is 1. The number of hydrogen-bond acceptors (Lipinski definition) is 4. The Labute approximate surface area is 136 Å². The van der Waals surface area contributed by atoms with E-state index in [1.54, 1.807) is 35.4 Å². The number of aromatic nitrogens is 5. The van der Waals surface area contributed by atoms with Crippen LogP contribution in [-0.4, -0.2) is 24.3 Å². The lowest BCUT2D eigenvalue weighted by Crippen LogP contribution is -2.20. The molecule has 4 aromatic rings. The highest BCUT2D eigenvalue weighted by Gasteiger charge is 2.16. The van der Waals surface area contributed by atoms with Crippen LogP contribution in [0.4, 0.5) is 0 Å². The van der Waals surface area contributed by atoms with Crippen molar-refractivity contribution in [1.29, 1.82) is 0 Å². The molecule has 0 amide bonds. The molecule has 0 atom stereocenters. The van der Waals surface area contributed by atoms with Gasteiger partial charge in [-0.05, 0) is 19.1 Å². The first-order valence-electron chi connectivity index (χ1n) is 7.17. The number of hydrogen-bond donors (Lipinski definition) is 0. The standard InChI is InChI=1S/C16H12ClN5O/c1-2-21-9-12-11-4-3-10(17)7-13(11)22(16(23)15(12)20-21)14-8-18-5-6-19-14/h3-9H,2H2,1H3. The Bertz CT molecular complexity index is 1080. The first-order chi connectivity index (χ1) is 11.2. The number of fused-ring (bicyclic) bond motifs is 3. The summed E-state index contributed by atoms with van der Waals surface area (Å²) in [7, 11) is 0. The fourth-order valence-corrected chi connectivity index (χ4v) is 2.87. The zero-order chi connectivity index (χ0) is 16.0. The van der Waals surface area contributed by atoms with Gasteiger partial charge in [0.1, 0.15) is 0 Å². The van der Waals surface area contributed by atoms with Gasteiger partial charge in [0.2, 0.25) is 0 Å². The molecule has 6 nitrogen and oxygen atoms in total. The third-order valence-corrected chi connectivity index (χ3v) is 4.00. The maximum Gasteiger partial charge on any atom is 0.285 e. The van der Waals surface area contributed by atoms with Crippen LogP contribution >= 0.6 is 11.6 Å². The van der Waals surface area contributed by atoms with Gasteiger partial charge in [-0.15, -0.1) is 0 Å². The van der Waals surface area contributed by atoms with E-state index in [9.17, 15) is 4.79 Å². The molecule has 0 aliphatic heterocycles. The Hall–Kier alpha value is -2.73. The Morgan fingerprint density at radius 1 is 1.22 bits per heavy atom. The summed E-state index contributed by atoms with van der Waals surface area (Å²) in [6.07, 6.45) is 6.54. The van der Waals surface area contributed by atoms with Gasteiger partial charge in [-0.1, -0.05) is 17.7 Å². The van der Waals surface area contributed by atoms with E-state index in [2.05, 4.69) is 15.1 Å². The highest BCUT2D eigenvalue weighted by atomic mass is 35.5. The van der Waals surface area contributed by atoms with E-state index in [1.165, 1.54) is 4.57 Å². The van der Waals surface area contributed by atoms with Crippen LogP contribution < -0.4 is 5.56 Å². The van der Waals surface area contributed by atoms with Crippen LogP contribution in [0, 0.1) is 0 Å². The van der Waals surface area contributed by atoms with Gasteiger partial charge in [0.05, 0.1) is 11.7 Å². The van der Waals surface area contributed by atoms with E-state index in [0.717, 1.165) is 10.8 Å².